The molecule has 1 amide bonds. The Balaban J connectivity index is 1.64. The van der Waals surface area contributed by atoms with Crippen LogP contribution in [0.15, 0.2) is 30.5 Å². The third kappa shape index (κ3) is 4.35. The second-order valence-electron chi connectivity index (χ2n) is 6.37. The first-order chi connectivity index (χ1) is 13.2. The van der Waals surface area contributed by atoms with Gasteiger partial charge in [0.25, 0.3) is 0 Å². The molecule has 0 spiro atoms. The first-order valence-corrected chi connectivity index (χ1v) is 8.77. The molecule has 1 aromatic heterocycles. The molecule has 1 saturated heterocycles. The molecular formula is C18H15ClF5N3O. The number of alkyl halides is 3. The van der Waals surface area contributed by atoms with Gasteiger partial charge in [-0.2, -0.15) is 13.2 Å². The lowest BCUT2D eigenvalue weighted by Gasteiger charge is -2.32. The molecule has 1 aliphatic heterocycles. The fourth-order valence-corrected chi connectivity index (χ4v) is 3.30. The molecule has 0 bridgehead atoms. The maximum absolute atomic E-state index is 13.7. The van der Waals surface area contributed by atoms with Crippen LogP contribution in [0.2, 0.25) is 5.02 Å². The highest BCUT2D eigenvalue weighted by Crippen LogP contribution is 2.34. The summed E-state index contributed by atoms with van der Waals surface area (Å²) in [6.45, 7) is 0.631. The highest BCUT2D eigenvalue weighted by atomic mass is 35.5. The number of anilines is 2. The third-order valence-corrected chi connectivity index (χ3v) is 4.80. The summed E-state index contributed by atoms with van der Waals surface area (Å²) in [5, 5.41) is 2.13. The zero-order valence-corrected chi connectivity index (χ0v) is 15.1. The Hall–Kier alpha value is -2.42. The van der Waals surface area contributed by atoms with Gasteiger partial charge in [0.05, 0.1) is 10.6 Å². The minimum absolute atomic E-state index is 0.133. The number of piperidine rings is 1. The largest absolute Gasteiger partial charge is 0.417 e. The van der Waals surface area contributed by atoms with Crippen LogP contribution >= 0.6 is 11.6 Å². The number of halogens is 6. The maximum atomic E-state index is 13.7. The number of amides is 1. The molecule has 1 N–H and O–H groups in total. The molecule has 1 fully saturated rings. The van der Waals surface area contributed by atoms with Crippen LogP contribution in [0.1, 0.15) is 18.4 Å². The van der Waals surface area contributed by atoms with Gasteiger partial charge in [0.1, 0.15) is 23.1 Å². The van der Waals surface area contributed by atoms with Gasteiger partial charge in [-0.3, -0.25) is 4.79 Å². The molecule has 1 aromatic carbocycles. The third-order valence-electron chi connectivity index (χ3n) is 4.53. The molecule has 0 aliphatic carbocycles. The molecule has 28 heavy (non-hydrogen) atoms. The summed E-state index contributed by atoms with van der Waals surface area (Å²) in [6, 6.07) is 4.09. The molecule has 2 heterocycles. The number of carbonyl (C=O) groups excluding carboxylic acids is 1. The smallest absolute Gasteiger partial charge is 0.355 e. The average Bonchev–Trinajstić information content (AvgIpc) is 2.64. The fraction of sp³-hybridized carbons (Fsp3) is 0.333. The normalized spacial score (nSPS) is 15.6. The van der Waals surface area contributed by atoms with Crippen molar-refractivity contribution in [3.63, 3.8) is 0 Å². The zero-order valence-electron chi connectivity index (χ0n) is 14.4. The predicted molar refractivity (Wildman–Crippen MR) is 94.2 cm³/mol. The van der Waals surface area contributed by atoms with E-state index < -0.39 is 40.9 Å². The van der Waals surface area contributed by atoms with E-state index in [1.54, 1.807) is 4.90 Å². The molecule has 2 aromatic rings. The van der Waals surface area contributed by atoms with Crippen molar-refractivity contribution in [1.82, 2.24) is 4.98 Å². The summed E-state index contributed by atoms with van der Waals surface area (Å²) in [4.78, 5) is 17.8. The second-order valence-corrected chi connectivity index (χ2v) is 6.78. The molecule has 1 aliphatic rings. The second kappa shape index (κ2) is 7.90. The minimum atomic E-state index is -4.54. The van der Waals surface area contributed by atoms with E-state index >= 15 is 0 Å². The van der Waals surface area contributed by atoms with Crippen LogP contribution in [-0.4, -0.2) is 24.0 Å². The maximum Gasteiger partial charge on any atom is 0.417 e. The van der Waals surface area contributed by atoms with E-state index in [9.17, 15) is 26.7 Å². The summed E-state index contributed by atoms with van der Waals surface area (Å²) < 4.78 is 65.4. The number of para-hydroxylation sites is 1. The van der Waals surface area contributed by atoms with Crippen molar-refractivity contribution in [3.8, 4) is 0 Å². The van der Waals surface area contributed by atoms with Gasteiger partial charge in [0, 0.05) is 25.2 Å². The van der Waals surface area contributed by atoms with Crippen molar-refractivity contribution in [2.45, 2.75) is 19.0 Å². The van der Waals surface area contributed by atoms with Crippen molar-refractivity contribution in [2.75, 3.05) is 23.3 Å². The van der Waals surface area contributed by atoms with Gasteiger partial charge in [-0.25, -0.2) is 13.8 Å². The van der Waals surface area contributed by atoms with Gasteiger partial charge in [-0.1, -0.05) is 17.7 Å². The number of benzene rings is 1. The molecule has 4 nitrogen and oxygen atoms in total. The molecular weight excluding hydrogens is 405 g/mol. The quantitative estimate of drug-likeness (QED) is 0.721. The summed E-state index contributed by atoms with van der Waals surface area (Å²) in [5.41, 5.74) is -1.44. The molecule has 0 atom stereocenters. The van der Waals surface area contributed by atoms with Gasteiger partial charge in [-0.05, 0) is 31.0 Å². The van der Waals surface area contributed by atoms with Crippen molar-refractivity contribution >= 4 is 29.0 Å². The van der Waals surface area contributed by atoms with Crippen molar-refractivity contribution in [2.24, 2.45) is 5.92 Å². The average molecular weight is 420 g/mol. The molecule has 0 unspecified atom stereocenters. The summed E-state index contributed by atoms with van der Waals surface area (Å²) in [5.74, 6) is -2.55. The molecule has 10 heteroatoms. The summed E-state index contributed by atoms with van der Waals surface area (Å²) >= 11 is 5.94. The molecule has 0 saturated carbocycles. The molecule has 150 valence electrons. The number of rotatable bonds is 3. The first kappa shape index (κ1) is 20.3. The Morgan fingerprint density at radius 2 is 1.79 bits per heavy atom. The van der Waals surface area contributed by atoms with E-state index in [2.05, 4.69) is 10.3 Å². The Labute approximate surface area is 162 Å². The van der Waals surface area contributed by atoms with Crippen LogP contribution in [0.25, 0.3) is 0 Å². The topological polar surface area (TPSA) is 45.2 Å². The number of aromatic nitrogens is 1. The monoisotopic (exact) mass is 419 g/mol. The Bertz CT molecular complexity index is 862. The fourth-order valence-electron chi connectivity index (χ4n) is 3.01. The Kier molecular flexibility index (Phi) is 5.74. The lowest BCUT2D eigenvalue weighted by molar-refractivity contribution is -0.137. The SMILES string of the molecule is O=C(Nc1c(F)cccc1F)C1CCN(c2ncc(C(F)(F)F)cc2Cl)CC1. The van der Waals surface area contributed by atoms with Crippen LogP contribution in [0, 0.1) is 17.6 Å². The van der Waals surface area contributed by atoms with Crippen LogP contribution in [0.5, 0.6) is 0 Å². The van der Waals surface area contributed by atoms with Gasteiger partial charge in [0.15, 0.2) is 0 Å². The number of hydrogen-bond donors (Lipinski definition) is 1. The highest BCUT2D eigenvalue weighted by Gasteiger charge is 2.33. The van der Waals surface area contributed by atoms with Gasteiger partial charge < -0.3 is 10.2 Å². The summed E-state index contributed by atoms with van der Waals surface area (Å²) in [6.07, 6.45) is -3.16. The Morgan fingerprint density at radius 1 is 1.18 bits per heavy atom. The first-order valence-electron chi connectivity index (χ1n) is 8.39. The van der Waals surface area contributed by atoms with E-state index in [1.807, 2.05) is 0 Å². The predicted octanol–water partition coefficient (Wildman–Crippen LogP) is 4.89. The number of carbonyl (C=O) groups is 1. The number of pyridine rings is 1. The van der Waals surface area contributed by atoms with Crippen LogP contribution < -0.4 is 10.2 Å². The highest BCUT2D eigenvalue weighted by molar-refractivity contribution is 6.33. The minimum Gasteiger partial charge on any atom is -0.355 e. The van der Waals surface area contributed by atoms with Crippen LogP contribution in [0.3, 0.4) is 0 Å². The van der Waals surface area contributed by atoms with E-state index in [0.29, 0.717) is 32.1 Å². The number of nitrogens with one attached hydrogen (secondary N) is 1. The van der Waals surface area contributed by atoms with E-state index in [1.165, 1.54) is 6.07 Å². The van der Waals surface area contributed by atoms with Crippen molar-refractivity contribution < 1.29 is 26.7 Å². The van der Waals surface area contributed by atoms with Crippen molar-refractivity contribution in [1.29, 1.82) is 0 Å². The van der Waals surface area contributed by atoms with E-state index in [-0.39, 0.29) is 10.8 Å². The lowest BCUT2D eigenvalue weighted by atomic mass is 9.95. The zero-order chi connectivity index (χ0) is 20.5. The van der Waals surface area contributed by atoms with E-state index in [4.69, 9.17) is 11.6 Å². The van der Waals surface area contributed by atoms with Gasteiger partial charge >= 0.3 is 6.18 Å². The number of nitrogens with zero attached hydrogens (tertiary/aromatic N) is 2. The Morgan fingerprint density at radius 3 is 2.32 bits per heavy atom. The standard InChI is InChI=1S/C18H15ClF5N3O/c19-12-8-11(18(22,23)24)9-25-16(12)27-6-4-10(5-7-27)17(28)26-15-13(20)2-1-3-14(15)21/h1-3,8-10H,4-7H2,(H,26,28). The van der Waals surface area contributed by atoms with Crippen LogP contribution in [0.4, 0.5) is 33.5 Å². The summed E-state index contributed by atoms with van der Waals surface area (Å²) in [7, 11) is 0. The van der Waals surface area contributed by atoms with Gasteiger partial charge in [0.2, 0.25) is 5.91 Å². The van der Waals surface area contributed by atoms with E-state index in [0.717, 1.165) is 18.2 Å². The lowest BCUT2D eigenvalue weighted by Crippen LogP contribution is -2.39. The number of hydrogen-bond acceptors (Lipinski definition) is 3. The van der Waals surface area contributed by atoms with Crippen molar-refractivity contribution in [3.05, 3.63) is 52.7 Å². The molecule has 0 radical (unpaired) electrons. The molecule has 3 rings (SSSR count). The van der Waals surface area contributed by atoms with Gasteiger partial charge in [-0.15, -0.1) is 0 Å². The van der Waals surface area contributed by atoms with Crippen LogP contribution in [-0.2, 0) is 11.0 Å².